The second kappa shape index (κ2) is 10.1. The molecule has 2 fully saturated rings. The second-order valence-electron chi connectivity index (χ2n) is 8.60. The molecule has 0 aliphatic carbocycles. The van der Waals surface area contributed by atoms with Crippen LogP contribution in [-0.2, 0) is 6.54 Å². The van der Waals surface area contributed by atoms with Gasteiger partial charge in [0.15, 0.2) is 0 Å². The van der Waals surface area contributed by atoms with Crippen molar-refractivity contribution >= 4 is 0 Å². The highest BCUT2D eigenvalue weighted by atomic mass is 15.1. The fourth-order valence-electron chi connectivity index (χ4n) is 4.47. The van der Waals surface area contributed by atoms with Gasteiger partial charge in [0.05, 0.1) is 5.69 Å². The second-order valence-corrected chi connectivity index (χ2v) is 8.60. The van der Waals surface area contributed by atoms with Crippen molar-refractivity contribution in [3.05, 3.63) is 65.0 Å². The van der Waals surface area contributed by atoms with Crippen molar-refractivity contribution in [2.45, 2.75) is 51.5 Å². The molecule has 0 saturated carbocycles. The van der Waals surface area contributed by atoms with Gasteiger partial charge in [0.2, 0.25) is 0 Å². The highest BCUT2D eigenvalue weighted by Gasteiger charge is 2.19. The standard InChI is InChI=1S/C26H33N3/c1-22-7-10-24(11-8-22)25-13-18-28(19-14-25)15-3-2-6-23-9-12-26(27-20-23)21-29-16-4-5-17-29/h7-12,20,25H,3-5,13-19,21H2,1H3. The summed E-state index contributed by atoms with van der Waals surface area (Å²) in [4.78, 5) is 9.65. The lowest BCUT2D eigenvalue weighted by molar-refractivity contribution is 0.217. The molecule has 0 radical (unpaired) electrons. The van der Waals surface area contributed by atoms with E-state index in [2.05, 4.69) is 69.9 Å². The van der Waals surface area contributed by atoms with E-state index in [0.29, 0.717) is 0 Å². The summed E-state index contributed by atoms with van der Waals surface area (Å²) in [5.74, 6) is 7.37. The van der Waals surface area contributed by atoms with Crippen molar-refractivity contribution in [3.63, 3.8) is 0 Å². The number of benzene rings is 1. The Morgan fingerprint density at radius 3 is 2.38 bits per heavy atom. The van der Waals surface area contributed by atoms with E-state index in [-0.39, 0.29) is 0 Å². The number of piperidine rings is 1. The van der Waals surface area contributed by atoms with Crippen molar-refractivity contribution in [2.75, 3.05) is 32.7 Å². The molecule has 152 valence electrons. The lowest BCUT2D eigenvalue weighted by Gasteiger charge is -2.31. The number of hydrogen-bond acceptors (Lipinski definition) is 3. The maximum Gasteiger partial charge on any atom is 0.0544 e. The summed E-state index contributed by atoms with van der Waals surface area (Å²) < 4.78 is 0. The zero-order valence-electron chi connectivity index (χ0n) is 17.7. The van der Waals surface area contributed by atoms with E-state index in [9.17, 15) is 0 Å². The Morgan fingerprint density at radius 1 is 0.931 bits per heavy atom. The molecule has 0 unspecified atom stereocenters. The number of likely N-dealkylation sites (tertiary alicyclic amines) is 2. The van der Waals surface area contributed by atoms with Crippen molar-refractivity contribution in [1.82, 2.24) is 14.8 Å². The van der Waals surface area contributed by atoms with Gasteiger partial charge >= 0.3 is 0 Å². The first kappa shape index (κ1) is 20.1. The van der Waals surface area contributed by atoms with Crippen LogP contribution in [0.1, 0.15) is 60.4 Å². The molecule has 0 N–H and O–H groups in total. The first-order valence-corrected chi connectivity index (χ1v) is 11.2. The minimum atomic E-state index is 0.725. The van der Waals surface area contributed by atoms with Gasteiger partial charge in [-0.15, -0.1) is 0 Å². The van der Waals surface area contributed by atoms with Crippen LogP contribution >= 0.6 is 0 Å². The molecule has 29 heavy (non-hydrogen) atoms. The van der Waals surface area contributed by atoms with Crippen LogP contribution in [0.3, 0.4) is 0 Å². The van der Waals surface area contributed by atoms with Crippen LogP contribution in [0.5, 0.6) is 0 Å². The summed E-state index contributed by atoms with van der Waals surface area (Å²) in [6.07, 6.45) is 8.05. The average molecular weight is 388 g/mol. The summed E-state index contributed by atoms with van der Waals surface area (Å²) in [6, 6.07) is 13.4. The summed E-state index contributed by atoms with van der Waals surface area (Å²) >= 11 is 0. The number of nitrogens with zero attached hydrogens (tertiary/aromatic N) is 3. The van der Waals surface area contributed by atoms with Crippen LogP contribution < -0.4 is 0 Å². The van der Waals surface area contributed by atoms with Crippen LogP contribution in [-0.4, -0.2) is 47.5 Å². The summed E-state index contributed by atoms with van der Waals surface area (Å²) in [7, 11) is 0. The third-order valence-electron chi connectivity index (χ3n) is 6.33. The van der Waals surface area contributed by atoms with Crippen molar-refractivity contribution in [3.8, 4) is 11.8 Å². The van der Waals surface area contributed by atoms with Gasteiger partial charge in [0.1, 0.15) is 0 Å². The Balaban J connectivity index is 1.18. The Labute approximate surface area is 176 Å². The lowest BCUT2D eigenvalue weighted by Crippen LogP contribution is -2.33. The van der Waals surface area contributed by atoms with E-state index < -0.39 is 0 Å². The Hall–Kier alpha value is -2.15. The molecule has 3 heteroatoms. The quantitative estimate of drug-likeness (QED) is 0.699. The van der Waals surface area contributed by atoms with E-state index in [4.69, 9.17) is 0 Å². The molecule has 2 saturated heterocycles. The van der Waals surface area contributed by atoms with E-state index in [1.54, 1.807) is 0 Å². The Kier molecular flexibility index (Phi) is 6.98. The van der Waals surface area contributed by atoms with Gasteiger partial charge in [-0.25, -0.2) is 0 Å². The third-order valence-corrected chi connectivity index (χ3v) is 6.33. The molecule has 3 heterocycles. The molecule has 2 aliphatic rings. The van der Waals surface area contributed by atoms with Crippen molar-refractivity contribution in [1.29, 1.82) is 0 Å². The summed E-state index contributed by atoms with van der Waals surface area (Å²) in [5.41, 5.74) is 5.05. The summed E-state index contributed by atoms with van der Waals surface area (Å²) in [6.45, 7) is 9.02. The molecule has 4 rings (SSSR count). The van der Waals surface area contributed by atoms with Crippen LogP contribution in [0.4, 0.5) is 0 Å². The van der Waals surface area contributed by atoms with Gasteiger partial charge < -0.3 is 4.90 Å². The van der Waals surface area contributed by atoms with E-state index in [1.165, 1.54) is 63.0 Å². The van der Waals surface area contributed by atoms with Crippen LogP contribution in [0.15, 0.2) is 42.6 Å². The molecule has 2 aliphatic heterocycles. The first-order valence-electron chi connectivity index (χ1n) is 11.2. The van der Waals surface area contributed by atoms with Crippen LogP contribution in [0.25, 0.3) is 0 Å². The highest BCUT2D eigenvalue weighted by molar-refractivity contribution is 5.32. The largest absolute Gasteiger partial charge is 0.302 e. The van der Waals surface area contributed by atoms with Crippen LogP contribution in [0.2, 0.25) is 0 Å². The molecular formula is C26H33N3. The van der Waals surface area contributed by atoms with Gasteiger partial charge in [-0.3, -0.25) is 9.88 Å². The highest BCUT2D eigenvalue weighted by Crippen LogP contribution is 2.28. The van der Waals surface area contributed by atoms with Gasteiger partial charge in [-0.2, -0.15) is 0 Å². The zero-order valence-corrected chi connectivity index (χ0v) is 17.7. The SMILES string of the molecule is Cc1ccc(C2CCN(CCC#Cc3ccc(CN4CCCC4)nc3)CC2)cc1. The van der Waals surface area contributed by atoms with Crippen molar-refractivity contribution < 1.29 is 0 Å². The van der Waals surface area contributed by atoms with Gasteiger partial charge in [0.25, 0.3) is 0 Å². The fourth-order valence-corrected chi connectivity index (χ4v) is 4.47. The maximum atomic E-state index is 4.60. The number of pyridine rings is 1. The number of aromatic nitrogens is 1. The van der Waals surface area contributed by atoms with Gasteiger partial charge in [0, 0.05) is 31.3 Å². The number of aryl methyl sites for hydroxylation is 1. The topological polar surface area (TPSA) is 19.4 Å². The first-order chi connectivity index (χ1) is 14.3. The zero-order chi connectivity index (χ0) is 19.9. The third kappa shape index (κ3) is 5.92. The van der Waals surface area contributed by atoms with E-state index in [1.807, 2.05) is 6.20 Å². The minimum absolute atomic E-state index is 0.725. The summed E-state index contributed by atoms with van der Waals surface area (Å²) in [5, 5.41) is 0. The van der Waals surface area contributed by atoms with E-state index >= 15 is 0 Å². The van der Waals surface area contributed by atoms with E-state index in [0.717, 1.165) is 36.7 Å². The predicted octanol–water partition coefficient (Wildman–Crippen LogP) is 4.61. The molecule has 0 spiro atoms. The molecule has 2 aromatic rings. The molecule has 0 amide bonds. The lowest BCUT2D eigenvalue weighted by atomic mass is 9.89. The predicted molar refractivity (Wildman–Crippen MR) is 120 cm³/mol. The molecule has 0 bridgehead atoms. The minimum Gasteiger partial charge on any atom is -0.302 e. The van der Waals surface area contributed by atoms with Crippen LogP contribution in [0, 0.1) is 18.8 Å². The monoisotopic (exact) mass is 387 g/mol. The number of rotatable bonds is 5. The molecule has 0 atom stereocenters. The fraction of sp³-hybridized carbons (Fsp3) is 0.500. The smallest absolute Gasteiger partial charge is 0.0544 e. The average Bonchev–Trinajstić information content (AvgIpc) is 3.27. The normalized spacial score (nSPS) is 18.5. The van der Waals surface area contributed by atoms with Gasteiger partial charge in [-0.1, -0.05) is 41.7 Å². The maximum absolute atomic E-state index is 4.60. The Bertz CT molecular complexity index is 815. The van der Waals surface area contributed by atoms with Gasteiger partial charge in [-0.05, 0) is 82.4 Å². The van der Waals surface area contributed by atoms with Crippen molar-refractivity contribution in [2.24, 2.45) is 0 Å². The molecular weight excluding hydrogens is 354 g/mol. The molecule has 1 aromatic carbocycles. The Morgan fingerprint density at radius 2 is 1.69 bits per heavy atom. The molecule has 1 aromatic heterocycles. The molecule has 3 nitrogen and oxygen atoms in total. The number of hydrogen-bond donors (Lipinski definition) is 0.